The topological polar surface area (TPSA) is 75.6 Å². The lowest BCUT2D eigenvalue weighted by atomic mass is 10.2. The van der Waals surface area contributed by atoms with Crippen LogP contribution >= 0.6 is 24.0 Å². The van der Waals surface area contributed by atoms with Gasteiger partial charge in [0.25, 0.3) is 5.91 Å². The van der Waals surface area contributed by atoms with E-state index in [4.69, 9.17) is 19.2 Å². The summed E-state index contributed by atoms with van der Waals surface area (Å²) in [5.74, 6) is 1.09. The van der Waals surface area contributed by atoms with Gasteiger partial charge in [0.2, 0.25) is 0 Å². The molecule has 1 amide bonds. The van der Waals surface area contributed by atoms with E-state index in [9.17, 15) is 4.79 Å². The molecule has 0 aromatic carbocycles. The Hall–Kier alpha value is -0.650. The van der Waals surface area contributed by atoms with Crippen molar-refractivity contribution in [3.05, 3.63) is 0 Å². The number of rotatable bonds is 8. The normalized spacial score (nSPS) is 25.2. The fourth-order valence-corrected chi connectivity index (χ4v) is 3.88. The van der Waals surface area contributed by atoms with Crippen LogP contribution in [0, 0.1) is 0 Å². The van der Waals surface area contributed by atoms with Crippen molar-refractivity contribution in [3.63, 3.8) is 0 Å². The van der Waals surface area contributed by atoms with Crippen molar-refractivity contribution in [1.29, 1.82) is 0 Å². The summed E-state index contributed by atoms with van der Waals surface area (Å²) in [7, 11) is 0. The number of aliphatic imine (C=N–C) groups is 1. The minimum absolute atomic E-state index is 0. The van der Waals surface area contributed by atoms with E-state index >= 15 is 0 Å². The molecule has 3 saturated heterocycles. The molecule has 3 aliphatic heterocycles. The molecular formula is C20H37IN4O4. The fourth-order valence-electron chi connectivity index (χ4n) is 3.88. The fraction of sp³-hybridized carbons (Fsp3) is 0.900. The number of hydrogen-bond acceptors (Lipinski definition) is 5. The van der Waals surface area contributed by atoms with Crippen LogP contribution in [0.4, 0.5) is 0 Å². The maximum absolute atomic E-state index is 12.5. The van der Waals surface area contributed by atoms with Crippen molar-refractivity contribution in [2.75, 3.05) is 65.7 Å². The molecule has 9 heteroatoms. The van der Waals surface area contributed by atoms with Gasteiger partial charge in [-0.2, -0.15) is 0 Å². The van der Waals surface area contributed by atoms with Gasteiger partial charge in [0.05, 0.1) is 12.7 Å². The number of hydrogen-bond donors (Lipinski definition) is 1. The van der Waals surface area contributed by atoms with Gasteiger partial charge in [-0.25, -0.2) is 0 Å². The van der Waals surface area contributed by atoms with Gasteiger partial charge < -0.3 is 29.3 Å². The molecule has 3 fully saturated rings. The molecule has 2 atom stereocenters. The molecule has 0 radical (unpaired) electrons. The number of amides is 1. The minimum atomic E-state index is -0.219. The molecule has 0 bridgehead atoms. The van der Waals surface area contributed by atoms with Crippen molar-refractivity contribution in [3.8, 4) is 0 Å². The molecule has 0 spiro atoms. The Kier molecular flexibility index (Phi) is 11.6. The second-order valence-corrected chi connectivity index (χ2v) is 7.61. The second kappa shape index (κ2) is 13.6. The molecule has 168 valence electrons. The van der Waals surface area contributed by atoms with E-state index < -0.39 is 0 Å². The van der Waals surface area contributed by atoms with Gasteiger partial charge >= 0.3 is 0 Å². The van der Waals surface area contributed by atoms with Crippen LogP contribution in [0.3, 0.4) is 0 Å². The van der Waals surface area contributed by atoms with Crippen LogP contribution in [0.1, 0.15) is 39.0 Å². The number of carbonyl (C=O) groups is 1. The van der Waals surface area contributed by atoms with Crippen LogP contribution in [0.2, 0.25) is 0 Å². The van der Waals surface area contributed by atoms with Crippen LogP contribution in [0.25, 0.3) is 0 Å². The third-order valence-corrected chi connectivity index (χ3v) is 5.47. The number of guanidine groups is 1. The summed E-state index contributed by atoms with van der Waals surface area (Å²) in [5.41, 5.74) is 0. The standard InChI is InChI=1S/C20H36N4O4.HI/c1-2-21-20(22-8-5-13-26-16-17-6-3-14-27-17)24-11-9-23(10-12-24)19(25)18-7-4-15-28-18;/h17-18H,2-16H2,1H3,(H,21,22);1H. The van der Waals surface area contributed by atoms with Crippen LogP contribution in [0.5, 0.6) is 0 Å². The highest BCUT2D eigenvalue weighted by Gasteiger charge is 2.30. The lowest BCUT2D eigenvalue weighted by molar-refractivity contribution is -0.142. The quantitative estimate of drug-likeness (QED) is 0.225. The SMILES string of the molecule is CCNC(=NCCCOCC1CCCO1)N1CCN(C(=O)C2CCCO2)CC1.I. The number of nitrogens with zero attached hydrogens (tertiary/aromatic N) is 3. The van der Waals surface area contributed by atoms with Gasteiger partial charge in [-0.1, -0.05) is 0 Å². The molecule has 1 N–H and O–H groups in total. The Morgan fingerprint density at radius 2 is 1.83 bits per heavy atom. The first kappa shape index (κ1) is 24.6. The maximum Gasteiger partial charge on any atom is 0.251 e. The first-order valence-corrected chi connectivity index (χ1v) is 10.9. The summed E-state index contributed by atoms with van der Waals surface area (Å²) >= 11 is 0. The Labute approximate surface area is 191 Å². The molecule has 3 rings (SSSR count). The first-order valence-electron chi connectivity index (χ1n) is 10.9. The van der Waals surface area contributed by atoms with Crippen molar-refractivity contribution >= 4 is 35.8 Å². The summed E-state index contributed by atoms with van der Waals surface area (Å²) in [6.07, 6.45) is 5.08. The predicted molar refractivity (Wildman–Crippen MR) is 123 cm³/mol. The summed E-state index contributed by atoms with van der Waals surface area (Å²) in [4.78, 5) is 21.4. The molecule has 0 aliphatic carbocycles. The van der Waals surface area contributed by atoms with Crippen molar-refractivity contribution in [1.82, 2.24) is 15.1 Å². The first-order chi connectivity index (χ1) is 13.8. The van der Waals surface area contributed by atoms with E-state index in [2.05, 4.69) is 17.1 Å². The number of carbonyl (C=O) groups excluding carboxylic acids is 1. The number of ether oxygens (including phenoxy) is 3. The summed E-state index contributed by atoms with van der Waals surface area (Å²) in [6, 6.07) is 0. The van der Waals surface area contributed by atoms with E-state index in [0.717, 1.165) is 83.9 Å². The average Bonchev–Trinajstić information content (AvgIpc) is 3.43. The van der Waals surface area contributed by atoms with E-state index in [1.165, 1.54) is 0 Å². The van der Waals surface area contributed by atoms with Crippen LogP contribution < -0.4 is 5.32 Å². The molecule has 0 aromatic rings. The molecule has 3 heterocycles. The Balaban J connectivity index is 0.00000300. The summed E-state index contributed by atoms with van der Waals surface area (Å²) in [5, 5.41) is 3.37. The number of piperazine rings is 1. The predicted octanol–water partition coefficient (Wildman–Crippen LogP) is 1.48. The maximum atomic E-state index is 12.5. The van der Waals surface area contributed by atoms with Crippen molar-refractivity contribution < 1.29 is 19.0 Å². The minimum Gasteiger partial charge on any atom is -0.379 e. The van der Waals surface area contributed by atoms with Gasteiger partial charge in [0, 0.05) is 59.1 Å². The smallest absolute Gasteiger partial charge is 0.251 e. The van der Waals surface area contributed by atoms with E-state index in [-0.39, 0.29) is 42.1 Å². The zero-order valence-electron chi connectivity index (χ0n) is 17.6. The molecule has 0 saturated carbocycles. The summed E-state index contributed by atoms with van der Waals surface area (Å²) in [6.45, 7) is 9.73. The van der Waals surface area contributed by atoms with Gasteiger partial charge in [-0.05, 0) is 39.0 Å². The van der Waals surface area contributed by atoms with Crippen LogP contribution in [-0.2, 0) is 19.0 Å². The molecule has 0 aromatic heterocycles. The zero-order chi connectivity index (χ0) is 19.6. The van der Waals surface area contributed by atoms with E-state index in [1.807, 2.05) is 4.90 Å². The molecule has 8 nitrogen and oxygen atoms in total. The average molecular weight is 524 g/mol. The number of halogens is 1. The van der Waals surface area contributed by atoms with Crippen molar-refractivity contribution in [2.24, 2.45) is 4.99 Å². The molecular weight excluding hydrogens is 487 g/mol. The monoisotopic (exact) mass is 524 g/mol. The second-order valence-electron chi connectivity index (χ2n) is 7.61. The Morgan fingerprint density at radius 1 is 1.10 bits per heavy atom. The molecule has 3 aliphatic rings. The Morgan fingerprint density at radius 3 is 2.48 bits per heavy atom. The van der Waals surface area contributed by atoms with Gasteiger partial charge in [-0.15, -0.1) is 24.0 Å². The Bertz CT molecular complexity index is 503. The molecule has 29 heavy (non-hydrogen) atoms. The van der Waals surface area contributed by atoms with Gasteiger partial charge in [0.1, 0.15) is 6.10 Å². The lowest BCUT2D eigenvalue weighted by Crippen LogP contribution is -2.55. The van der Waals surface area contributed by atoms with Crippen LogP contribution in [-0.4, -0.2) is 99.6 Å². The molecule has 2 unspecified atom stereocenters. The third kappa shape index (κ3) is 7.84. The van der Waals surface area contributed by atoms with Crippen molar-refractivity contribution in [2.45, 2.75) is 51.2 Å². The highest BCUT2D eigenvalue weighted by molar-refractivity contribution is 14.0. The highest BCUT2D eigenvalue weighted by atomic mass is 127. The highest BCUT2D eigenvalue weighted by Crippen LogP contribution is 2.16. The van der Waals surface area contributed by atoms with E-state index in [0.29, 0.717) is 19.8 Å². The zero-order valence-corrected chi connectivity index (χ0v) is 20.0. The van der Waals surface area contributed by atoms with Crippen LogP contribution in [0.15, 0.2) is 4.99 Å². The summed E-state index contributed by atoms with van der Waals surface area (Å²) < 4.78 is 16.8. The number of nitrogens with one attached hydrogen (secondary N) is 1. The largest absolute Gasteiger partial charge is 0.379 e. The van der Waals surface area contributed by atoms with Gasteiger partial charge in [-0.3, -0.25) is 9.79 Å². The third-order valence-electron chi connectivity index (χ3n) is 5.47. The van der Waals surface area contributed by atoms with E-state index in [1.54, 1.807) is 0 Å². The lowest BCUT2D eigenvalue weighted by Gasteiger charge is -2.37. The van der Waals surface area contributed by atoms with Gasteiger partial charge in [0.15, 0.2) is 5.96 Å².